The lowest BCUT2D eigenvalue weighted by molar-refractivity contribution is -0.116. The summed E-state index contributed by atoms with van der Waals surface area (Å²) >= 11 is 0. The summed E-state index contributed by atoms with van der Waals surface area (Å²) in [6, 6.07) is 21.1. The normalized spacial score (nSPS) is 10.9. The molecule has 0 spiro atoms. The Bertz CT molecular complexity index is 1240. The van der Waals surface area contributed by atoms with E-state index in [1.54, 1.807) is 36.4 Å². The molecule has 0 saturated carbocycles. The highest BCUT2D eigenvalue weighted by Crippen LogP contribution is 2.27. The van der Waals surface area contributed by atoms with Crippen LogP contribution in [0.4, 0.5) is 5.69 Å². The molecule has 2 amide bonds. The summed E-state index contributed by atoms with van der Waals surface area (Å²) in [6.07, 6.45) is 0. The monoisotopic (exact) mass is 357 g/mol. The molecule has 4 rings (SSSR count). The van der Waals surface area contributed by atoms with Crippen LogP contribution in [0.25, 0.3) is 21.7 Å². The standard InChI is InChI=1S/C22H15NO4/c1-14(24)23(21(25)16-8-3-2-4-9-16)19-13-17-12-11-15-7-5-6-10-18(15)20(17)27-22(19)26/h2-13H,1H3. The molecule has 0 saturated heterocycles. The molecule has 0 bridgehead atoms. The van der Waals surface area contributed by atoms with Crippen molar-refractivity contribution in [3.8, 4) is 0 Å². The zero-order valence-electron chi connectivity index (χ0n) is 14.5. The molecule has 5 heteroatoms. The van der Waals surface area contributed by atoms with Gasteiger partial charge in [-0.15, -0.1) is 0 Å². The first-order chi connectivity index (χ1) is 13.1. The van der Waals surface area contributed by atoms with E-state index < -0.39 is 17.4 Å². The lowest BCUT2D eigenvalue weighted by atomic mass is 10.1. The van der Waals surface area contributed by atoms with Gasteiger partial charge in [0.1, 0.15) is 11.3 Å². The molecular formula is C22H15NO4. The van der Waals surface area contributed by atoms with Crippen molar-refractivity contribution in [2.24, 2.45) is 0 Å². The minimum absolute atomic E-state index is 0.0980. The number of amides is 2. The van der Waals surface area contributed by atoms with E-state index in [4.69, 9.17) is 4.42 Å². The SMILES string of the molecule is CC(=O)N(C(=O)c1ccccc1)c1cc2ccc3ccccc3c2oc1=O. The largest absolute Gasteiger partial charge is 0.421 e. The number of benzene rings is 3. The molecule has 0 fully saturated rings. The number of hydrogen-bond acceptors (Lipinski definition) is 4. The van der Waals surface area contributed by atoms with Gasteiger partial charge in [0.15, 0.2) is 0 Å². The Morgan fingerprint density at radius 2 is 1.52 bits per heavy atom. The van der Waals surface area contributed by atoms with Gasteiger partial charge in [0.05, 0.1) is 0 Å². The van der Waals surface area contributed by atoms with E-state index in [1.165, 1.54) is 13.0 Å². The van der Waals surface area contributed by atoms with E-state index in [-0.39, 0.29) is 5.69 Å². The number of imide groups is 1. The van der Waals surface area contributed by atoms with Crippen molar-refractivity contribution >= 4 is 39.2 Å². The number of carbonyl (C=O) groups excluding carboxylic acids is 2. The number of rotatable bonds is 2. The molecular weight excluding hydrogens is 342 g/mol. The van der Waals surface area contributed by atoms with Crippen molar-refractivity contribution in [2.45, 2.75) is 6.92 Å². The third-order valence-electron chi connectivity index (χ3n) is 4.39. The smallest absolute Gasteiger partial charge is 0.360 e. The van der Waals surface area contributed by atoms with Crippen molar-refractivity contribution in [2.75, 3.05) is 4.90 Å². The lowest BCUT2D eigenvalue weighted by Crippen LogP contribution is -2.38. The van der Waals surface area contributed by atoms with Crippen LogP contribution in [0.2, 0.25) is 0 Å². The van der Waals surface area contributed by atoms with Gasteiger partial charge in [-0.1, -0.05) is 54.6 Å². The van der Waals surface area contributed by atoms with Crippen molar-refractivity contribution < 1.29 is 14.0 Å². The van der Waals surface area contributed by atoms with Crippen LogP contribution in [0, 0.1) is 0 Å². The maximum atomic E-state index is 12.8. The lowest BCUT2D eigenvalue weighted by Gasteiger charge is -2.18. The Kier molecular flexibility index (Phi) is 4.05. The van der Waals surface area contributed by atoms with Crippen molar-refractivity contribution in [1.82, 2.24) is 0 Å². The molecule has 0 N–H and O–H groups in total. The molecule has 0 aliphatic carbocycles. The molecule has 0 unspecified atom stereocenters. The third kappa shape index (κ3) is 2.89. The number of nitrogens with zero attached hydrogens (tertiary/aromatic N) is 1. The molecule has 27 heavy (non-hydrogen) atoms. The Labute approximate surface area is 154 Å². The second kappa shape index (κ2) is 6.53. The summed E-state index contributed by atoms with van der Waals surface area (Å²) in [5.41, 5.74) is -0.0966. The summed E-state index contributed by atoms with van der Waals surface area (Å²) in [5.74, 6) is -1.13. The first-order valence-corrected chi connectivity index (χ1v) is 8.42. The molecule has 0 radical (unpaired) electrons. The predicted octanol–water partition coefficient (Wildman–Crippen LogP) is 4.14. The Hall–Kier alpha value is -3.73. The maximum absolute atomic E-state index is 12.8. The summed E-state index contributed by atoms with van der Waals surface area (Å²) in [4.78, 5) is 38.5. The Balaban J connectivity index is 1.92. The van der Waals surface area contributed by atoms with Crippen LogP contribution >= 0.6 is 0 Å². The first kappa shape index (κ1) is 16.7. The van der Waals surface area contributed by atoms with Gasteiger partial charge in [-0.25, -0.2) is 9.69 Å². The Morgan fingerprint density at radius 1 is 0.852 bits per heavy atom. The summed E-state index contributed by atoms with van der Waals surface area (Å²) in [7, 11) is 0. The van der Waals surface area contributed by atoms with E-state index in [9.17, 15) is 14.4 Å². The molecule has 3 aromatic carbocycles. The summed E-state index contributed by atoms with van der Waals surface area (Å²) in [6.45, 7) is 1.24. The number of carbonyl (C=O) groups is 2. The van der Waals surface area contributed by atoms with Gasteiger partial charge in [0, 0.05) is 23.3 Å². The summed E-state index contributed by atoms with van der Waals surface area (Å²) in [5, 5.41) is 2.36. The van der Waals surface area contributed by atoms with Crippen LogP contribution in [-0.4, -0.2) is 11.8 Å². The fourth-order valence-corrected chi connectivity index (χ4v) is 3.13. The van der Waals surface area contributed by atoms with Crippen LogP contribution in [0.15, 0.2) is 82.0 Å². The zero-order valence-corrected chi connectivity index (χ0v) is 14.5. The average molecular weight is 357 g/mol. The average Bonchev–Trinajstić information content (AvgIpc) is 2.69. The van der Waals surface area contributed by atoms with E-state index in [0.717, 1.165) is 15.7 Å². The van der Waals surface area contributed by atoms with Gasteiger partial charge in [-0.3, -0.25) is 9.59 Å². The first-order valence-electron chi connectivity index (χ1n) is 8.42. The molecule has 5 nitrogen and oxygen atoms in total. The minimum Gasteiger partial charge on any atom is -0.421 e. The van der Waals surface area contributed by atoms with Crippen LogP contribution < -0.4 is 10.5 Å². The molecule has 0 atom stereocenters. The number of hydrogen-bond donors (Lipinski definition) is 0. The van der Waals surface area contributed by atoms with E-state index in [0.29, 0.717) is 16.5 Å². The summed E-state index contributed by atoms with van der Waals surface area (Å²) < 4.78 is 5.52. The van der Waals surface area contributed by atoms with E-state index in [1.807, 2.05) is 30.3 Å². The molecule has 0 aliphatic heterocycles. The fourth-order valence-electron chi connectivity index (χ4n) is 3.13. The predicted molar refractivity (Wildman–Crippen MR) is 104 cm³/mol. The third-order valence-corrected chi connectivity index (χ3v) is 4.39. The molecule has 4 aromatic rings. The van der Waals surface area contributed by atoms with Crippen LogP contribution in [0.5, 0.6) is 0 Å². The van der Waals surface area contributed by atoms with E-state index >= 15 is 0 Å². The minimum atomic E-state index is -0.738. The molecule has 1 aromatic heterocycles. The number of anilines is 1. The van der Waals surface area contributed by atoms with Gasteiger partial charge in [0.2, 0.25) is 5.91 Å². The molecule has 0 aliphatic rings. The highest BCUT2D eigenvalue weighted by molar-refractivity contribution is 6.21. The Morgan fingerprint density at radius 3 is 2.26 bits per heavy atom. The van der Waals surface area contributed by atoms with Gasteiger partial charge in [0.25, 0.3) is 5.91 Å². The van der Waals surface area contributed by atoms with Crippen molar-refractivity contribution in [3.05, 3.63) is 88.8 Å². The van der Waals surface area contributed by atoms with Crippen LogP contribution in [0.3, 0.4) is 0 Å². The van der Waals surface area contributed by atoms with Crippen molar-refractivity contribution in [1.29, 1.82) is 0 Å². The highest BCUT2D eigenvalue weighted by atomic mass is 16.4. The van der Waals surface area contributed by atoms with Gasteiger partial charge in [-0.05, 0) is 23.6 Å². The van der Waals surface area contributed by atoms with Gasteiger partial charge < -0.3 is 4.42 Å². The quantitative estimate of drug-likeness (QED) is 0.399. The molecule has 1 heterocycles. The van der Waals surface area contributed by atoms with Crippen LogP contribution in [0.1, 0.15) is 17.3 Å². The number of fused-ring (bicyclic) bond motifs is 3. The van der Waals surface area contributed by atoms with E-state index in [2.05, 4.69) is 0 Å². The second-order valence-corrected chi connectivity index (χ2v) is 6.15. The maximum Gasteiger partial charge on any atom is 0.360 e. The van der Waals surface area contributed by atoms with Crippen molar-refractivity contribution in [3.63, 3.8) is 0 Å². The molecule has 132 valence electrons. The second-order valence-electron chi connectivity index (χ2n) is 6.15. The fraction of sp³-hybridized carbons (Fsp3) is 0.0455. The van der Waals surface area contributed by atoms with Crippen LogP contribution in [-0.2, 0) is 4.79 Å². The highest BCUT2D eigenvalue weighted by Gasteiger charge is 2.25. The zero-order chi connectivity index (χ0) is 19.0. The topological polar surface area (TPSA) is 67.6 Å². The van der Waals surface area contributed by atoms with Gasteiger partial charge >= 0.3 is 5.63 Å². The van der Waals surface area contributed by atoms with Gasteiger partial charge in [-0.2, -0.15) is 0 Å².